The molecule has 1 heterocycles. The summed E-state index contributed by atoms with van der Waals surface area (Å²) in [5.74, 6) is 2.48. The molecule has 6 nitrogen and oxygen atoms in total. The van der Waals surface area contributed by atoms with Crippen molar-refractivity contribution in [2.75, 3.05) is 13.2 Å². The molecule has 2 aromatic carbocycles. The lowest BCUT2D eigenvalue weighted by Gasteiger charge is -2.06. The van der Waals surface area contributed by atoms with Gasteiger partial charge in [-0.05, 0) is 55.3 Å². The first kappa shape index (κ1) is 19.1. The van der Waals surface area contributed by atoms with Crippen molar-refractivity contribution >= 4 is 5.91 Å². The van der Waals surface area contributed by atoms with E-state index in [0.29, 0.717) is 30.1 Å². The van der Waals surface area contributed by atoms with Gasteiger partial charge in [-0.1, -0.05) is 23.3 Å². The molecule has 0 aliphatic rings. The number of carbonyl (C=O) groups excluding carboxylic acids is 1. The molecule has 1 aromatic heterocycles. The fourth-order valence-corrected chi connectivity index (χ4v) is 2.65. The van der Waals surface area contributed by atoms with Crippen molar-refractivity contribution in [3.05, 3.63) is 71.3 Å². The van der Waals surface area contributed by atoms with Crippen LogP contribution in [0.4, 0.5) is 4.39 Å². The zero-order valence-electron chi connectivity index (χ0n) is 15.4. The normalized spacial score (nSPS) is 10.3. The van der Waals surface area contributed by atoms with E-state index in [2.05, 4.69) is 21.5 Å². The van der Waals surface area contributed by atoms with Gasteiger partial charge in [0.2, 0.25) is 0 Å². The first-order valence-corrected chi connectivity index (χ1v) is 8.70. The molecule has 142 valence electrons. The van der Waals surface area contributed by atoms with Crippen LogP contribution < -0.4 is 10.1 Å². The van der Waals surface area contributed by atoms with Crippen molar-refractivity contribution in [1.82, 2.24) is 20.3 Å². The summed E-state index contributed by atoms with van der Waals surface area (Å²) in [5.41, 5.74) is 2.51. The molecule has 3 rings (SSSR count). The monoisotopic (exact) mass is 378 g/mol. The Balaban J connectivity index is 1.57. The van der Waals surface area contributed by atoms with Crippen molar-refractivity contribution < 1.29 is 13.9 Å². The molecule has 0 unspecified atom stereocenters. The number of nitrogens with one attached hydrogen (secondary N) is 1. The molecule has 7 heteroatoms. The predicted octanol–water partition coefficient (Wildman–Crippen LogP) is 2.70. The molecule has 0 saturated heterocycles. The van der Waals surface area contributed by atoms with Gasteiger partial charge >= 0.3 is 0 Å². The number of ether oxygens (including phenoxy) is 1. The van der Waals surface area contributed by atoms with Crippen LogP contribution in [-0.4, -0.2) is 34.1 Å². The topological polar surface area (TPSA) is 69.0 Å². The fourth-order valence-electron chi connectivity index (χ4n) is 2.65. The van der Waals surface area contributed by atoms with Crippen molar-refractivity contribution in [3.8, 4) is 23.8 Å². The van der Waals surface area contributed by atoms with E-state index in [1.54, 1.807) is 19.1 Å². The molecule has 0 spiro atoms. The van der Waals surface area contributed by atoms with E-state index in [1.165, 1.54) is 16.8 Å². The summed E-state index contributed by atoms with van der Waals surface area (Å²) < 4.78 is 19.9. The van der Waals surface area contributed by atoms with Gasteiger partial charge in [-0.15, -0.1) is 11.5 Å². The largest absolute Gasteiger partial charge is 0.481 e. The van der Waals surface area contributed by atoms with Gasteiger partial charge in [0.05, 0.1) is 11.4 Å². The lowest BCUT2D eigenvalue weighted by Crippen LogP contribution is -2.26. The Hall–Kier alpha value is -3.66. The maximum Gasteiger partial charge on any atom is 0.273 e. The van der Waals surface area contributed by atoms with Crippen LogP contribution in [0.2, 0.25) is 0 Å². The molecule has 0 aliphatic carbocycles. The van der Waals surface area contributed by atoms with Crippen LogP contribution in [0.1, 0.15) is 21.7 Å². The van der Waals surface area contributed by atoms with Gasteiger partial charge in [-0.3, -0.25) is 4.79 Å². The summed E-state index contributed by atoms with van der Waals surface area (Å²) in [6.07, 6.45) is 5.82. The van der Waals surface area contributed by atoms with E-state index in [9.17, 15) is 9.18 Å². The van der Waals surface area contributed by atoms with Gasteiger partial charge in [-0.2, -0.15) is 0 Å². The van der Waals surface area contributed by atoms with E-state index in [-0.39, 0.29) is 24.0 Å². The standard InChI is InChI=1S/C21H19FN4O2/c1-3-14-28-19-10-4-16(5-11-19)12-13-23-21(27)20-15(2)26(25-24-20)18-8-6-17(22)7-9-18/h1,4-11H,12-14H2,2H3,(H,23,27). The highest BCUT2D eigenvalue weighted by Crippen LogP contribution is 2.14. The highest BCUT2D eigenvalue weighted by Gasteiger charge is 2.17. The Morgan fingerprint density at radius 1 is 1.21 bits per heavy atom. The summed E-state index contributed by atoms with van der Waals surface area (Å²) in [4.78, 5) is 12.4. The van der Waals surface area contributed by atoms with Gasteiger partial charge in [-0.25, -0.2) is 9.07 Å². The second-order valence-electron chi connectivity index (χ2n) is 6.05. The van der Waals surface area contributed by atoms with Crippen LogP contribution >= 0.6 is 0 Å². The second kappa shape index (κ2) is 8.82. The molecule has 3 aromatic rings. The van der Waals surface area contributed by atoms with Gasteiger partial charge in [0.15, 0.2) is 5.69 Å². The molecule has 0 radical (unpaired) electrons. The van der Waals surface area contributed by atoms with Crippen LogP contribution in [-0.2, 0) is 6.42 Å². The number of halogens is 1. The number of carbonyl (C=O) groups is 1. The molecule has 0 aliphatic heterocycles. The Bertz CT molecular complexity index is 989. The third-order valence-electron chi connectivity index (χ3n) is 4.13. The summed E-state index contributed by atoms with van der Waals surface area (Å²) >= 11 is 0. The highest BCUT2D eigenvalue weighted by molar-refractivity contribution is 5.93. The molecule has 28 heavy (non-hydrogen) atoms. The van der Waals surface area contributed by atoms with Gasteiger partial charge in [0, 0.05) is 6.54 Å². The van der Waals surface area contributed by atoms with E-state index in [0.717, 1.165) is 5.56 Å². The average molecular weight is 378 g/mol. The van der Waals surface area contributed by atoms with E-state index >= 15 is 0 Å². The lowest BCUT2D eigenvalue weighted by atomic mass is 10.1. The Kier molecular flexibility index (Phi) is 6.02. The summed E-state index contributed by atoms with van der Waals surface area (Å²) in [5, 5.41) is 10.8. The first-order chi connectivity index (χ1) is 13.6. The van der Waals surface area contributed by atoms with Crippen LogP contribution in [0.3, 0.4) is 0 Å². The number of hydrogen-bond donors (Lipinski definition) is 1. The summed E-state index contributed by atoms with van der Waals surface area (Å²) in [7, 11) is 0. The zero-order chi connectivity index (χ0) is 19.9. The minimum atomic E-state index is -0.338. The quantitative estimate of drug-likeness (QED) is 0.642. The first-order valence-electron chi connectivity index (χ1n) is 8.70. The predicted molar refractivity (Wildman–Crippen MR) is 103 cm³/mol. The summed E-state index contributed by atoms with van der Waals surface area (Å²) in [6, 6.07) is 13.4. The zero-order valence-corrected chi connectivity index (χ0v) is 15.4. The summed E-state index contributed by atoms with van der Waals surface area (Å²) in [6.45, 7) is 2.42. The minimum Gasteiger partial charge on any atom is -0.481 e. The van der Waals surface area contributed by atoms with E-state index < -0.39 is 0 Å². The Morgan fingerprint density at radius 3 is 2.61 bits per heavy atom. The van der Waals surface area contributed by atoms with Crippen LogP contribution in [0, 0.1) is 25.1 Å². The molecule has 0 atom stereocenters. The number of benzene rings is 2. The maximum absolute atomic E-state index is 13.1. The second-order valence-corrected chi connectivity index (χ2v) is 6.05. The van der Waals surface area contributed by atoms with Crippen LogP contribution in [0.15, 0.2) is 48.5 Å². The van der Waals surface area contributed by atoms with Crippen molar-refractivity contribution in [2.24, 2.45) is 0 Å². The smallest absolute Gasteiger partial charge is 0.273 e. The van der Waals surface area contributed by atoms with Crippen molar-refractivity contribution in [3.63, 3.8) is 0 Å². The number of rotatable bonds is 7. The molecule has 1 amide bonds. The number of hydrogen-bond acceptors (Lipinski definition) is 4. The fraction of sp³-hybridized carbons (Fsp3) is 0.190. The average Bonchev–Trinajstić information content (AvgIpc) is 3.09. The number of nitrogens with zero attached hydrogens (tertiary/aromatic N) is 3. The Labute approximate surface area is 162 Å². The maximum atomic E-state index is 13.1. The molecule has 0 fully saturated rings. The van der Waals surface area contributed by atoms with E-state index in [4.69, 9.17) is 11.2 Å². The molecule has 0 saturated carbocycles. The van der Waals surface area contributed by atoms with Gasteiger partial charge in [0.1, 0.15) is 18.2 Å². The molecular weight excluding hydrogens is 359 g/mol. The molecular formula is C21H19FN4O2. The van der Waals surface area contributed by atoms with Crippen molar-refractivity contribution in [2.45, 2.75) is 13.3 Å². The minimum absolute atomic E-state index is 0.230. The third-order valence-corrected chi connectivity index (χ3v) is 4.13. The lowest BCUT2D eigenvalue weighted by molar-refractivity contribution is 0.0948. The van der Waals surface area contributed by atoms with Gasteiger partial charge in [0.25, 0.3) is 5.91 Å². The van der Waals surface area contributed by atoms with Crippen molar-refractivity contribution in [1.29, 1.82) is 0 Å². The Morgan fingerprint density at radius 2 is 1.93 bits per heavy atom. The SMILES string of the molecule is C#CCOc1ccc(CCNC(=O)c2nnn(-c3ccc(F)cc3)c2C)cc1. The molecule has 0 bridgehead atoms. The third kappa shape index (κ3) is 4.54. The number of terminal acetylenes is 1. The highest BCUT2D eigenvalue weighted by atomic mass is 19.1. The molecule has 1 N–H and O–H groups in total. The number of aromatic nitrogens is 3. The van der Waals surface area contributed by atoms with Crippen LogP contribution in [0.5, 0.6) is 5.75 Å². The van der Waals surface area contributed by atoms with Crippen LogP contribution in [0.25, 0.3) is 5.69 Å². The number of amides is 1. The van der Waals surface area contributed by atoms with E-state index in [1.807, 2.05) is 24.3 Å². The van der Waals surface area contributed by atoms with Gasteiger partial charge < -0.3 is 10.1 Å².